The van der Waals surface area contributed by atoms with Gasteiger partial charge in [-0.15, -0.1) is 0 Å². The molecule has 1 aromatic rings. The highest BCUT2D eigenvalue weighted by Gasteiger charge is 2.19. The molecule has 1 aromatic carbocycles. The van der Waals surface area contributed by atoms with E-state index >= 15 is 0 Å². The topological polar surface area (TPSA) is 59.3 Å². The molecular weight excluding hydrogens is 242 g/mol. The Hall–Kier alpha value is -1.86. The summed E-state index contributed by atoms with van der Waals surface area (Å²) < 4.78 is 11.1. The van der Waals surface area contributed by atoms with E-state index in [0.717, 1.165) is 24.2 Å². The number of benzene rings is 1. The van der Waals surface area contributed by atoms with Gasteiger partial charge in [-0.05, 0) is 31.0 Å². The van der Waals surface area contributed by atoms with Crippen LogP contribution < -0.4 is 4.74 Å². The minimum absolute atomic E-state index is 0.133. The van der Waals surface area contributed by atoms with Gasteiger partial charge in [0.25, 0.3) is 0 Å². The van der Waals surface area contributed by atoms with Gasteiger partial charge in [-0.2, -0.15) is 5.26 Å². The van der Waals surface area contributed by atoms with E-state index in [2.05, 4.69) is 6.07 Å². The fraction of sp³-hybridized carbons (Fsp3) is 0.467. The van der Waals surface area contributed by atoms with E-state index in [1.54, 1.807) is 25.3 Å². The number of carbonyl (C=O) groups is 1. The molecule has 1 aliphatic carbocycles. The van der Waals surface area contributed by atoms with E-state index in [9.17, 15) is 4.79 Å². The quantitative estimate of drug-likeness (QED) is 0.834. The molecule has 0 heterocycles. The molecule has 4 heteroatoms. The molecule has 2 rings (SSSR count). The van der Waals surface area contributed by atoms with Crippen LogP contribution in [-0.4, -0.2) is 19.0 Å². The van der Waals surface area contributed by atoms with Crippen LogP contribution >= 0.6 is 0 Å². The van der Waals surface area contributed by atoms with Crippen molar-refractivity contribution in [2.24, 2.45) is 0 Å². The Kier molecular flexibility index (Phi) is 4.53. The second-order valence-corrected chi connectivity index (χ2v) is 4.69. The summed E-state index contributed by atoms with van der Waals surface area (Å²) in [4.78, 5) is 11.2. The number of carbonyl (C=O) groups excluding carboxylic acids is 1. The number of Topliss-reactive ketones (excluding diaryl/α,β-unsaturated/α-hetero) is 1. The summed E-state index contributed by atoms with van der Waals surface area (Å²) in [5.74, 6) is 1.05. The first-order valence-corrected chi connectivity index (χ1v) is 6.43. The van der Waals surface area contributed by atoms with Crippen molar-refractivity contribution < 1.29 is 14.3 Å². The highest BCUT2D eigenvalue weighted by molar-refractivity contribution is 5.79. The number of ketones is 1. The normalized spacial score (nSPS) is 16.1. The standard InChI is InChI=1S/C15H17NO3/c1-18-15-7-2-11(9-16)8-12(15)10-19-14-5-3-13(17)4-6-14/h2,7-8,14H,3-6,10H2,1H3. The lowest BCUT2D eigenvalue weighted by atomic mass is 9.96. The smallest absolute Gasteiger partial charge is 0.133 e. The lowest BCUT2D eigenvalue weighted by molar-refractivity contribution is -0.123. The maximum atomic E-state index is 11.2. The first-order valence-electron chi connectivity index (χ1n) is 6.43. The molecule has 1 aliphatic rings. The molecule has 100 valence electrons. The first-order chi connectivity index (χ1) is 9.22. The number of hydrogen-bond acceptors (Lipinski definition) is 4. The SMILES string of the molecule is COc1ccc(C#N)cc1COC1CCC(=O)CC1. The Morgan fingerprint density at radius 1 is 1.37 bits per heavy atom. The third-order valence-corrected chi connectivity index (χ3v) is 3.37. The van der Waals surface area contributed by atoms with E-state index in [-0.39, 0.29) is 6.10 Å². The predicted molar refractivity (Wildman–Crippen MR) is 69.8 cm³/mol. The number of hydrogen-bond donors (Lipinski definition) is 0. The van der Waals surface area contributed by atoms with Crippen molar-refractivity contribution in [2.75, 3.05) is 7.11 Å². The van der Waals surface area contributed by atoms with Crippen LogP contribution in [0.5, 0.6) is 5.75 Å². The Morgan fingerprint density at radius 2 is 2.11 bits per heavy atom. The second-order valence-electron chi connectivity index (χ2n) is 4.69. The maximum Gasteiger partial charge on any atom is 0.133 e. The van der Waals surface area contributed by atoms with Gasteiger partial charge in [-0.3, -0.25) is 4.79 Å². The van der Waals surface area contributed by atoms with Gasteiger partial charge in [0.05, 0.1) is 31.5 Å². The Balaban J connectivity index is 1.98. The summed E-state index contributed by atoms with van der Waals surface area (Å²) in [6.07, 6.45) is 2.94. The van der Waals surface area contributed by atoms with E-state index in [1.807, 2.05) is 0 Å². The molecule has 1 fully saturated rings. The summed E-state index contributed by atoms with van der Waals surface area (Å²) in [5, 5.41) is 8.90. The monoisotopic (exact) mass is 259 g/mol. The van der Waals surface area contributed by atoms with Crippen LogP contribution in [-0.2, 0) is 16.1 Å². The molecule has 0 unspecified atom stereocenters. The van der Waals surface area contributed by atoms with Gasteiger partial charge in [-0.25, -0.2) is 0 Å². The third kappa shape index (κ3) is 3.55. The van der Waals surface area contributed by atoms with Gasteiger partial charge in [0, 0.05) is 18.4 Å². The van der Waals surface area contributed by atoms with Crippen LogP contribution in [0.4, 0.5) is 0 Å². The van der Waals surface area contributed by atoms with Crippen molar-refractivity contribution in [1.29, 1.82) is 5.26 Å². The molecule has 0 aromatic heterocycles. The van der Waals surface area contributed by atoms with E-state index in [4.69, 9.17) is 14.7 Å². The zero-order valence-electron chi connectivity index (χ0n) is 11.0. The van der Waals surface area contributed by atoms with Crippen LogP contribution in [0.25, 0.3) is 0 Å². The van der Waals surface area contributed by atoms with Crippen molar-refractivity contribution in [3.8, 4) is 11.8 Å². The van der Waals surface area contributed by atoms with Gasteiger partial charge in [0.1, 0.15) is 11.5 Å². The summed E-state index contributed by atoms with van der Waals surface area (Å²) in [6.45, 7) is 0.414. The van der Waals surface area contributed by atoms with Gasteiger partial charge in [0.2, 0.25) is 0 Å². The van der Waals surface area contributed by atoms with Crippen molar-refractivity contribution >= 4 is 5.78 Å². The minimum Gasteiger partial charge on any atom is -0.496 e. The highest BCUT2D eigenvalue weighted by atomic mass is 16.5. The Labute approximate surface area is 112 Å². The zero-order valence-corrected chi connectivity index (χ0v) is 11.0. The highest BCUT2D eigenvalue weighted by Crippen LogP contribution is 2.24. The maximum absolute atomic E-state index is 11.2. The Bertz CT molecular complexity index is 495. The number of ether oxygens (including phenoxy) is 2. The fourth-order valence-electron chi connectivity index (χ4n) is 2.25. The molecule has 0 bridgehead atoms. The fourth-order valence-corrected chi connectivity index (χ4v) is 2.25. The van der Waals surface area contributed by atoms with Crippen molar-refractivity contribution in [3.05, 3.63) is 29.3 Å². The average molecular weight is 259 g/mol. The zero-order chi connectivity index (χ0) is 13.7. The molecule has 0 spiro atoms. The summed E-state index contributed by atoms with van der Waals surface area (Å²) in [5.41, 5.74) is 1.47. The average Bonchev–Trinajstić information content (AvgIpc) is 2.46. The molecule has 4 nitrogen and oxygen atoms in total. The molecule has 1 saturated carbocycles. The van der Waals surface area contributed by atoms with Crippen LogP contribution in [0.2, 0.25) is 0 Å². The summed E-state index contributed by atoms with van der Waals surface area (Å²) in [6, 6.07) is 7.39. The molecule has 19 heavy (non-hydrogen) atoms. The lowest BCUT2D eigenvalue weighted by Crippen LogP contribution is -2.21. The lowest BCUT2D eigenvalue weighted by Gasteiger charge is -2.22. The van der Waals surface area contributed by atoms with Gasteiger partial charge in [-0.1, -0.05) is 0 Å². The van der Waals surface area contributed by atoms with Crippen LogP contribution in [0, 0.1) is 11.3 Å². The molecule has 0 amide bonds. The van der Waals surface area contributed by atoms with Crippen LogP contribution in [0.15, 0.2) is 18.2 Å². The first kappa shape index (κ1) is 13.6. The number of rotatable bonds is 4. The summed E-state index contributed by atoms with van der Waals surface area (Å²) >= 11 is 0. The van der Waals surface area contributed by atoms with E-state index < -0.39 is 0 Å². The van der Waals surface area contributed by atoms with Crippen molar-refractivity contribution in [3.63, 3.8) is 0 Å². The molecule has 0 radical (unpaired) electrons. The van der Waals surface area contributed by atoms with Gasteiger partial charge >= 0.3 is 0 Å². The number of nitriles is 1. The number of nitrogens with zero attached hydrogens (tertiary/aromatic N) is 1. The molecular formula is C15H17NO3. The molecule has 0 N–H and O–H groups in total. The van der Waals surface area contributed by atoms with Gasteiger partial charge in [0.15, 0.2) is 0 Å². The minimum atomic E-state index is 0.133. The molecule has 0 saturated heterocycles. The second kappa shape index (κ2) is 6.35. The molecule has 0 aliphatic heterocycles. The van der Waals surface area contributed by atoms with Crippen LogP contribution in [0.3, 0.4) is 0 Å². The van der Waals surface area contributed by atoms with E-state index in [0.29, 0.717) is 30.8 Å². The summed E-state index contributed by atoms with van der Waals surface area (Å²) in [7, 11) is 1.60. The largest absolute Gasteiger partial charge is 0.496 e. The number of methoxy groups -OCH3 is 1. The predicted octanol–water partition coefficient (Wildman–Crippen LogP) is 2.60. The van der Waals surface area contributed by atoms with Crippen LogP contribution in [0.1, 0.15) is 36.8 Å². The third-order valence-electron chi connectivity index (χ3n) is 3.37. The van der Waals surface area contributed by atoms with Crippen molar-refractivity contribution in [2.45, 2.75) is 38.4 Å². The Morgan fingerprint density at radius 3 is 2.74 bits per heavy atom. The van der Waals surface area contributed by atoms with E-state index in [1.165, 1.54) is 0 Å². The van der Waals surface area contributed by atoms with Gasteiger partial charge < -0.3 is 9.47 Å². The molecule has 0 atom stereocenters. The van der Waals surface area contributed by atoms with Crippen molar-refractivity contribution in [1.82, 2.24) is 0 Å².